The number of Topliss-reactive ketones (excluding diaryl/α,β-unsaturated/α-hetero) is 1. The molecule has 2 atom stereocenters. The Hall–Kier alpha value is -2.10. The molecule has 2 aliphatic rings. The van der Waals surface area contributed by atoms with Crippen LogP contribution in [0.25, 0.3) is 16.7 Å². The van der Waals surface area contributed by atoms with Crippen molar-refractivity contribution in [1.29, 1.82) is 0 Å². The van der Waals surface area contributed by atoms with Crippen molar-refractivity contribution in [2.75, 3.05) is 0 Å². The molecule has 0 radical (unpaired) electrons. The Morgan fingerprint density at radius 1 is 1.19 bits per heavy atom. The number of halogens is 1. The van der Waals surface area contributed by atoms with Gasteiger partial charge in [0.15, 0.2) is 5.78 Å². The summed E-state index contributed by atoms with van der Waals surface area (Å²) in [7, 11) is 0. The second kappa shape index (κ2) is 6.26. The van der Waals surface area contributed by atoms with Crippen molar-refractivity contribution < 1.29 is 14.6 Å². The maximum absolute atomic E-state index is 12.8. The number of carbonyl (C=O) groups excluding carboxylic acids is 1. The third-order valence-electron chi connectivity index (χ3n) is 5.50. The van der Waals surface area contributed by atoms with E-state index in [1.807, 2.05) is 43.3 Å². The number of carbonyl (C=O) groups is 1. The van der Waals surface area contributed by atoms with E-state index in [0.29, 0.717) is 23.4 Å². The van der Waals surface area contributed by atoms with Crippen molar-refractivity contribution in [2.45, 2.75) is 44.8 Å². The molecule has 0 aliphatic carbocycles. The third-order valence-corrected chi connectivity index (χ3v) is 5.75. The van der Waals surface area contributed by atoms with Crippen LogP contribution in [-0.4, -0.2) is 22.6 Å². The number of ketones is 1. The van der Waals surface area contributed by atoms with Gasteiger partial charge in [-0.2, -0.15) is 0 Å². The summed E-state index contributed by atoms with van der Waals surface area (Å²) in [4.78, 5) is 12.8. The Kier molecular flexibility index (Phi) is 4.17. The highest BCUT2D eigenvalue weighted by Gasteiger charge is 2.50. The van der Waals surface area contributed by atoms with Gasteiger partial charge in [0.25, 0.3) is 0 Å². The van der Waals surface area contributed by atoms with Gasteiger partial charge in [-0.25, -0.2) is 0 Å². The molecule has 2 aromatic carbocycles. The SMILES string of the molecule is CCc1cc(-c2ccc(Cl)cc2)ccc1C1=C(O)C2(C)CCC(O2)C1=O. The first kappa shape index (κ1) is 17.3. The van der Waals surface area contributed by atoms with Crippen molar-refractivity contribution in [3.05, 3.63) is 64.4 Å². The molecule has 3 nitrogen and oxygen atoms in total. The molecular formula is C22H21ClO3. The van der Waals surface area contributed by atoms with Crippen LogP contribution in [-0.2, 0) is 16.0 Å². The van der Waals surface area contributed by atoms with Crippen LogP contribution < -0.4 is 0 Å². The summed E-state index contributed by atoms with van der Waals surface area (Å²) < 4.78 is 5.77. The molecule has 2 aromatic rings. The Morgan fingerprint density at radius 2 is 1.88 bits per heavy atom. The lowest BCUT2D eigenvalue weighted by atomic mass is 9.87. The highest BCUT2D eigenvalue weighted by molar-refractivity contribution is 6.30. The minimum Gasteiger partial charge on any atom is -0.508 e. The van der Waals surface area contributed by atoms with Crippen LogP contribution in [0.15, 0.2) is 48.2 Å². The van der Waals surface area contributed by atoms with E-state index in [0.717, 1.165) is 28.7 Å². The Balaban J connectivity index is 1.82. The molecule has 26 heavy (non-hydrogen) atoms. The molecular weight excluding hydrogens is 348 g/mol. The smallest absolute Gasteiger partial charge is 0.195 e. The van der Waals surface area contributed by atoms with Crippen molar-refractivity contribution >= 4 is 23.0 Å². The lowest BCUT2D eigenvalue weighted by Gasteiger charge is -2.31. The first-order valence-corrected chi connectivity index (χ1v) is 9.36. The molecule has 134 valence electrons. The molecule has 2 heterocycles. The van der Waals surface area contributed by atoms with E-state index in [9.17, 15) is 9.90 Å². The van der Waals surface area contributed by atoms with Crippen LogP contribution in [0.3, 0.4) is 0 Å². The molecule has 4 heteroatoms. The van der Waals surface area contributed by atoms with Crippen LogP contribution in [0.4, 0.5) is 0 Å². The van der Waals surface area contributed by atoms with Crippen LogP contribution >= 0.6 is 11.6 Å². The number of ether oxygens (including phenoxy) is 1. The number of fused-ring (bicyclic) bond motifs is 2. The predicted molar refractivity (Wildman–Crippen MR) is 103 cm³/mol. The van der Waals surface area contributed by atoms with Crippen LogP contribution in [0.2, 0.25) is 5.02 Å². The van der Waals surface area contributed by atoms with Crippen molar-refractivity contribution in [3.8, 4) is 11.1 Å². The van der Waals surface area contributed by atoms with Crippen LogP contribution in [0.5, 0.6) is 0 Å². The molecule has 0 amide bonds. The van der Waals surface area contributed by atoms with Gasteiger partial charge in [0.2, 0.25) is 0 Å². The number of rotatable bonds is 3. The fourth-order valence-corrected chi connectivity index (χ4v) is 4.08. The summed E-state index contributed by atoms with van der Waals surface area (Å²) in [5.41, 5.74) is 3.68. The average molecular weight is 369 g/mol. The molecule has 4 rings (SSSR count). The topological polar surface area (TPSA) is 46.5 Å². The number of hydrogen-bond donors (Lipinski definition) is 1. The molecule has 1 saturated heterocycles. The van der Waals surface area contributed by atoms with Crippen molar-refractivity contribution in [3.63, 3.8) is 0 Å². The third kappa shape index (κ3) is 2.67. The fraction of sp³-hybridized carbons (Fsp3) is 0.318. The number of aliphatic hydroxyl groups excluding tert-OH is 1. The molecule has 1 fully saturated rings. The average Bonchev–Trinajstić information content (AvgIpc) is 3.02. The zero-order chi connectivity index (χ0) is 18.5. The summed E-state index contributed by atoms with van der Waals surface area (Å²) in [5.74, 6) is -0.0309. The van der Waals surface area contributed by atoms with Gasteiger partial charge >= 0.3 is 0 Å². The Bertz CT molecular complexity index is 913. The highest BCUT2D eigenvalue weighted by Crippen LogP contribution is 2.45. The van der Waals surface area contributed by atoms with E-state index < -0.39 is 11.7 Å². The van der Waals surface area contributed by atoms with Crippen LogP contribution in [0, 0.1) is 0 Å². The van der Waals surface area contributed by atoms with Gasteiger partial charge in [-0.15, -0.1) is 0 Å². The van der Waals surface area contributed by atoms with E-state index in [1.54, 1.807) is 0 Å². The van der Waals surface area contributed by atoms with Gasteiger partial charge in [-0.05, 0) is 60.6 Å². The van der Waals surface area contributed by atoms with Gasteiger partial charge < -0.3 is 9.84 Å². The maximum atomic E-state index is 12.8. The summed E-state index contributed by atoms with van der Waals surface area (Å²) in [6.07, 6.45) is 1.66. The minimum atomic E-state index is -0.742. The molecule has 2 aliphatic heterocycles. The minimum absolute atomic E-state index is 0.0743. The second-order valence-corrected chi connectivity index (χ2v) is 7.63. The molecule has 1 N–H and O–H groups in total. The maximum Gasteiger partial charge on any atom is 0.195 e. The quantitative estimate of drug-likeness (QED) is 0.793. The van der Waals surface area contributed by atoms with E-state index in [4.69, 9.17) is 16.3 Å². The Labute approximate surface area is 158 Å². The van der Waals surface area contributed by atoms with Gasteiger partial charge in [-0.3, -0.25) is 4.79 Å². The van der Waals surface area contributed by atoms with Crippen molar-refractivity contribution in [2.24, 2.45) is 0 Å². The zero-order valence-corrected chi connectivity index (χ0v) is 15.6. The number of benzene rings is 2. The summed E-state index contributed by atoms with van der Waals surface area (Å²) in [6.45, 7) is 3.92. The van der Waals surface area contributed by atoms with Gasteiger partial charge in [0, 0.05) is 5.02 Å². The molecule has 0 spiro atoms. The molecule has 2 unspecified atom stereocenters. The lowest BCUT2D eigenvalue weighted by molar-refractivity contribution is -0.130. The Morgan fingerprint density at radius 3 is 2.58 bits per heavy atom. The van der Waals surface area contributed by atoms with Gasteiger partial charge in [0.05, 0.1) is 5.57 Å². The molecule has 2 bridgehead atoms. The standard InChI is InChI=1S/C22H21ClO3/c1-3-13-12-15(14-4-7-16(23)8-5-14)6-9-17(13)19-20(24)18-10-11-22(2,26-18)21(19)25/h4-9,12,18,25H,3,10-11H2,1-2H3. The fourth-order valence-electron chi connectivity index (χ4n) is 3.95. The largest absolute Gasteiger partial charge is 0.508 e. The monoisotopic (exact) mass is 368 g/mol. The van der Waals surface area contributed by atoms with Gasteiger partial charge in [0.1, 0.15) is 17.5 Å². The number of aliphatic hydroxyl groups is 1. The second-order valence-electron chi connectivity index (χ2n) is 7.20. The summed E-state index contributed by atoms with van der Waals surface area (Å²) in [5, 5.41) is 11.5. The van der Waals surface area contributed by atoms with Gasteiger partial charge in [-0.1, -0.05) is 48.9 Å². The first-order valence-electron chi connectivity index (χ1n) is 8.98. The number of aryl methyl sites for hydroxylation is 1. The predicted octanol–water partition coefficient (Wildman–Crippen LogP) is 5.36. The summed E-state index contributed by atoms with van der Waals surface area (Å²) in [6, 6.07) is 13.7. The van der Waals surface area contributed by atoms with E-state index >= 15 is 0 Å². The number of hydrogen-bond acceptors (Lipinski definition) is 3. The molecule has 0 saturated carbocycles. The summed E-state index contributed by atoms with van der Waals surface area (Å²) >= 11 is 5.98. The first-order chi connectivity index (χ1) is 12.4. The van der Waals surface area contributed by atoms with Crippen molar-refractivity contribution in [1.82, 2.24) is 0 Å². The molecule has 0 aromatic heterocycles. The van der Waals surface area contributed by atoms with Crippen LogP contribution in [0.1, 0.15) is 37.8 Å². The highest BCUT2D eigenvalue weighted by atomic mass is 35.5. The van der Waals surface area contributed by atoms with E-state index in [1.165, 1.54) is 0 Å². The lowest BCUT2D eigenvalue weighted by Crippen LogP contribution is -2.37. The normalized spacial score (nSPS) is 25.0. The zero-order valence-electron chi connectivity index (χ0n) is 14.9. The van der Waals surface area contributed by atoms with E-state index in [-0.39, 0.29) is 11.5 Å². The van der Waals surface area contributed by atoms with E-state index in [2.05, 4.69) is 13.0 Å².